The van der Waals surface area contributed by atoms with Gasteiger partial charge in [-0.05, 0) is 24.4 Å². The minimum absolute atomic E-state index is 0.184. The second-order valence-corrected chi connectivity index (χ2v) is 5.38. The number of ether oxygens (including phenoxy) is 1. The van der Waals surface area contributed by atoms with Crippen molar-refractivity contribution in [2.24, 2.45) is 0 Å². The summed E-state index contributed by atoms with van der Waals surface area (Å²) in [6.45, 7) is 2.24. The second kappa shape index (κ2) is 5.21. The van der Waals surface area contributed by atoms with Gasteiger partial charge in [0.05, 0.1) is 12.2 Å². The van der Waals surface area contributed by atoms with E-state index in [1.54, 1.807) is 12.1 Å². The minimum atomic E-state index is -1.62. The van der Waals surface area contributed by atoms with Crippen LogP contribution in [0.15, 0.2) is 18.2 Å². The predicted octanol–water partition coefficient (Wildman–Crippen LogP) is -0.131. The Morgan fingerprint density at radius 3 is 2.53 bits per heavy atom. The molecule has 2 N–H and O–H groups in total. The van der Waals surface area contributed by atoms with Gasteiger partial charge in [0.15, 0.2) is 0 Å². The molecule has 2 aliphatic heterocycles. The third-order valence-electron chi connectivity index (χ3n) is 3.89. The van der Waals surface area contributed by atoms with Crippen LogP contribution in [0.5, 0.6) is 0 Å². The molecule has 0 amide bonds. The summed E-state index contributed by atoms with van der Waals surface area (Å²) in [5, 5.41) is 18.0. The Morgan fingerprint density at radius 1 is 1.26 bits per heavy atom. The van der Waals surface area contributed by atoms with Crippen LogP contribution in [0, 0.1) is 5.82 Å². The first-order chi connectivity index (χ1) is 9.11. The van der Waals surface area contributed by atoms with Crippen LogP contribution >= 0.6 is 0 Å². The molecule has 2 atom stereocenters. The van der Waals surface area contributed by atoms with E-state index in [2.05, 4.69) is 4.90 Å². The van der Waals surface area contributed by atoms with E-state index in [1.165, 1.54) is 6.07 Å². The molecule has 2 unspecified atom stereocenters. The normalized spacial score (nSPS) is 26.7. The summed E-state index contributed by atoms with van der Waals surface area (Å²) in [5.74, 6) is -0.385. The van der Waals surface area contributed by atoms with Crippen molar-refractivity contribution in [1.29, 1.82) is 0 Å². The Bertz CT molecular complexity index is 459. The van der Waals surface area contributed by atoms with Crippen molar-refractivity contribution in [3.8, 4) is 0 Å². The molecule has 19 heavy (non-hydrogen) atoms. The van der Waals surface area contributed by atoms with Crippen molar-refractivity contribution >= 4 is 12.6 Å². The number of likely N-dealkylation sites (tertiary alicyclic amines) is 1. The maximum absolute atomic E-state index is 13.9. The highest BCUT2D eigenvalue weighted by Gasteiger charge is 2.33. The Balaban J connectivity index is 1.69. The summed E-state index contributed by atoms with van der Waals surface area (Å²) in [6.07, 6.45) is 2.78. The summed E-state index contributed by atoms with van der Waals surface area (Å²) in [5.41, 5.74) is 0.772. The third kappa shape index (κ3) is 2.82. The summed E-state index contributed by atoms with van der Waals surface area (Å²) < 4.78 is 19.6. The SMILES string of the molecule is OB(O)c1ccc(CN2CC3CCC(C2)O3)c(F)c1. The first-order valence-corrected chi connectivity index (χ1v) is 6.64. The molecule has 0 radical (unpaired) electrons. The van der Waals surface area contributed by atoms with Crippen LogP contribution in [0.4, 0.5) is 4.39 Å². The zero-order valence-corrected chi connectivity index (χ0v) is 10.6. The molecular weight excluding hydrogens is 248 g/mol. The summed E-state index contributed by atoms with van der Waals surface area (Å²) in [4.78, 5) is 2.21. The smallest absolute Gasteiger partial charge is 0.423 e. The van der Waals surface area contributed by atoms with Crippen LogP contribution in [-0.4, -0.2) is 47.4 Å². The maximum atomic E-state index is 13.9. The van der Waals surface area contributed by atoms with Crippen LogP contribution in [0.25, 0.3) is 0 Å². The zero-order valence-electron chi connectivity index (χ0n) is 10.6. The predicted molar refractivity (Wildman–Crippen MR) is 69.4 cm³/mol. The third-order valence-corrected chi connectivity index (χ3v) is 3.89. The van der Waals surface area contributed by atoms with Gasteiger partial charge in [-0.25, -0.2) is 4.39 Å². The summed E-state index contributed by atoms with van der Waals surface area (Å²) in [7, 11) is -1.62. The number of fused-ring (bicyclic) bond motifs is 2. The molecule has 4 nitrogen and oxygen atoms in total. The lowest BCUT2D eigenvalue weighted by Crippen LogP contribution is -2.42. The largest absolute Gasteiger partial charge is 0.488 e. The molecule has 2 bridgehead atoms. The van der Waals surface area contributed by atoms with E-state index in [4.69, 9.17) is 14.8 Å². The van der Waals surface area contributed by atoms with Crippen LogP contribution in [0.3, 0.4) is 0 Å². The Kier molecular flexibility index (Phi) is 3.58. The molecule has 2 fully saturated rings. The fraction of sp³-hybridized carbons (Fsp3) is 0.538. The van der Waals surface area contributed by atoms with Crippen molar-refractivity contribution in [2.45, 2.75) is 31.6 Å². The van der Waals surface area contributed by atoms with Gasteiger partial charge in [-0.2, -0.15) is 0 Å². The van der Waals surface area contributed by atoms with Crippen LogP contribution < -0.4 is 5.46 Å². The maximum Gasteiger partial charge on any atom is 0.488 e. The average Bonchev–Trinajstić information content (AvgIpc) is 2.71. The van der Waals surface area contributed by atoms with Gasteiger partial charge >= 0.3 is 7.12 Å². The molecule has 2 heterocycles. The number of nitrogens with zero attached hydrogens (tertiary/aromatic N) is 1. The van der Waals surface area contributed by atoms with Gasteiger partial charge in [0, 0.05) is 25.2 Å². The molecule has 0 aliphatic carbocycles. The fourth-order valence-corrected chi connectivity index (χ4v) is 2.92. The topological polar surface area (TPSA) is 52.9 Å². The van der Waals surface area contributed by atoms with Crippen molar-refractivity contribution in [1.82, 2.24) is 4.90 Å². The highest BCUT2D eigenvalue weighted by atomic mass is 19.1. The lowest BCUT2D eigenvalue weighted by atomic mass is 9.80. The van der Waals surface area contributed by atoms with Gasteiger partial charge < -0.3 is 14.8 Å². The standard InChI is InChI=1S/C13H17BFNO3/c15-13-5-10(14(17)18)2-1-9(13)6-16-7-11-3-4-12(8-16)19-11/h1-2,5,11-12,17-18H,3-4,6-8H2. The van der Waals surface area contributed by atoms with E-state index in [9.17, 15) is 4.39 Å². The quantitative estimate of drug-likeness (QED) is 0.747. The fourth-order valence-electron chi connectivity index (χ4n) is 2.92. The van der Waals surface area contributed by atoms with Gasteiger partial charge in [-0.3, -0.25) is 4.90 Å². The van der Waals surface area contributed by atoms with Crippen LogP contribution in [0.1, 0.15) is 18.4 Å². The molecule has 0 aromatic heterocycles. The van der Waals surface area contributed by atoms with Crippen LogP contribution in [-0.2, 0) is 11.3 Å². The Labute approximate surface area is 111 Å². The first kappa shape index (κ1) is 13.1. The van der Waals surface area contributed by atoms with E-state index in [0.29, 0.717) is 24.3 Å². The lowest BCUT2D eigenvalue weighted by molar-refractivity contribution is -0.0413. The van der Waals surface area contributed by atoms with E-state index >= 15 is 0 Å². The molecule has 2 saturated heterocycles. The minimum Gasteiger partial charge on any atom is -0.423 e. The van der Waals surface area contributed by atoms with Gasteiger partial charge in [0.25, 0.3) is 0 Å². The second-order valence-electron chi connectivity index (χ2n) is 5.38. The lowest BCUT2D eigenvalue weighted by Gasteiger charge is -2.32. The Morgan fingerprint density at radius 2 is 1.95 bits per heavy atom. The van der Waals surface area contributed by atoms with Gasteiger partial charge in [-0.1, -0.05) is 12.1 Å². The number of hydrogen-bond acceptors (Lipinski definition) is 4. The van der Waals surface area contributed by atoms with Gasteiger partial charge in [-0.15, -0.1) is 0 Å². The van der Waals surface area contributed by atoms with Gasteiger partial charge in [0.1, 0.15) is 5.82 Å². The molecular formula is C13H17BFNO3. The van der Waals surface area contributed by atoms with Crippen LogP contribution in [0.2, 0.25) is 0 Å². The first-order valence-electron chi connectivity index (χ1n) is 6.64. The van der Waals surface area contributed by atoms with E-state index in [1.807, 2.05) is 0 Å². The van der Waals surface area contributed by atoms with Crippen molar-refractivity contribution in [3.05, 3.63) is 29.6 Å². The number of hydrogen-bond donors (Lipinski definition) is 2. The molecule has 0 spiro atoms. The number of morpholine rings is 1. The highest BCUT2D eigenvalue weighted by molar-refractivity contribution is 6.58. The molecule has 0 saturated carbocycles. The van der Waals surface area contributed by atoms with Crippen molar-refractivity contribution in [3.63, 3.8) is 0 Å². The number of halogens is 1. The van der Waals surface area contributed by atoms with Gasteiger partial charge in [0.2, 0.25) is 0 Å². The Hall–Kier alpha value is -0.945. The number of benzene rings is 1. The molecule has 6 heteroatoms. The average molecular weight is 265 g/mol. The molecule has 3 rings (SSSR count). The van der Waals surface area contributed by atoms with Crippen molar-refractivity contribution in [2.75, 3.05) is 13.1 Å². The molecule has 2 aliphatic rings. The molecule has 1 aromatic carbocycles. The molecule has 1 aromatic rings. The van der Waals surface area contributed by atoms with E-state index in [0.717, 1.165) is 25.9 Å². The number of rotatable bonds is 3. The van der Waals surface area contributed by atoms with E-state index < -0.39 is 7.12 Å². The monoisotopic (exact) mass is 265 g/mol. The highest BCUT2D eigenvalue weighted by Crippen LogP contribution is 2.27. The zero-order chi connectivity index (χ0) is 13.4. The van der Waals surface area contributed by atoms with E-state index in [-0.39, 0.29) is 11.3 Å². The summed E-state index contributed by atoms with van der Waals surface area (Å²) in [6, 6.07) is 4.37. The summed E-state index contributed by atoms with van der Waals surface area (Å²) >= 11 is 0. The molecule has 102 valence electrons. The van der Waals surface area contributed by atoms with Crippen molar-refractivity contribution < 1.29 is 19.2 Å².